The van der Waals surface area contributed by atoms with E-state index >= 15 is 0 Å². The van der Waals surface area contributed by atoms with Crippen LogP contribution in [0.25, 0.3) is 0 Å². The summed E-state index contributed by atoms with van der Waals surface area (Å²) in [5.74, 6) is 4.13. The second-order valence-electron chi connectivity index (χ2n) is 2.15. The van der Waals surface area contributed by atoms with Crippen molar-refractivity contribution in [2.45, 2.75) is 6.92 Å². The summed E-state index contributed by atoms with van der Waals surface area (Å²) in [5.41, 5.74) is -1.09. The van der Waals surface area contributed by atoms with Gasteiger partial charge in [-0.1, -0.05) is 11.8 Å². The number of carbonyl (C=O) groups is 1. The molecule has 0 rings (SSSR count). The van der Waals surface area contributed by atoms with Crippen molar-refractivity contribution >= 4 is 13.3 Å². The van der Waals surface area contributed by atoms with E-state index in [1.54, 1.807) is 6.92 Å². The molecule has 0 aromatic heterocycles. The lowest BCUT2D eigenvalue weighted by molar-refractivity contribution is 0.157. The average Bonchev–Trinajstić information content (AvgIpc) is 2.24. The maximum atomic E-state index is 11.7. The van der Waals surface area contributed by atoms with Crippen molar-refractivity contribution in [1.29, 1.82) is 0 Å². The molecule has 5 nitrogen and oxygen atoms in total. The van der Waals surface area contributed by atoms with Crippen LogP contribution in [0.3, 0.4) is 0 Å². The van der Waals surface area contributed by atoms with Crippen molar-refractivity contribution in [3.63, 3.8) is 0 Å². The lowest BCUT2D eigenvalue weighted by atomic mass is 10.8. The third kappa shape index (κ3) is 4.67. The molecule has 0 saturated carbocycles. The number of carbonyl (C=O) groups excluding carboxylic acids is 1. The Balaban J connectivity index is 4.56. The first-order valence-electron chi connectivity index (χ1n) is 4.04. The maximum Gasteiger partial charge on any atom is 0.440 e. The number of terminal acetylenes is 2. The minimum atomic E-state index is -4.01. The first kappa shape index (κ1) is 13.7. The predicted molar refractivity (Wildman–Crippen MR) is 54.2 cm³/mol. The molecule has 0 aromatic carbocycles. The van der Waals surface area contributed by atoms with Crippen LogP contribution in [0.15, 0.2) is 0 Å². The maximum absolute atomic E-state index is 11.7. The zero-order valence-electron chi connectivity index (χ0n) is 8.26. The Hall–Kier alpha value is -1.26. The van der Waals surface area contributed by atoms with Crippen LogP contribution in [0.5, 0.6) is 0 Å². The summed E-state index contributed by atoms with van der Waals surface area (Å²) in [6.07, 6.45) is 9.79. The lowest BCUT2D eigenvalue weighted by Gasteiger charge is -2.13. The number of rotatable bonds is 6. The van der Waals surface area contributed by atoms with Gasteiger partial charge in [0.2, 0.25) is 0 Å². The molecule has 0 heterocycles. The first-order valence-corrected chi connectivity index (χ1v) is 5.58. The van der Waals surface area contributed by atoms with E-state index in [0.717, 1.165) is 0 Å². The molecule has 0 bridgehead atoms. The fourth-order valence-electron chi connectivity index (χ4n) is 0.590. The molecule has 0 aliphatic rings. The quantitative estimate of drug-likeness (QED) is 0.512. The molecule has 0 spiro atoms. The van der Waals surface area contributed by atoms with Gasteiger partial charge in [-0.2, -0.15) is 0 Å². The highest BCUT2D eigenvalue weighted by molar-refractivity contribution is 7.71. The van der Waals surface area contributed by atoms with Crippen molar-refractivity contribution in [3.05, 3.63) is 0 Å². The molecule has 0 fully saturated rings. The molecular weight excluding hydrogens is 219 g/mol. The van der Waals surface area contributed by atoms with Gasteiger partial charge in [0.1, 0.15) is 13.2 Å². The van der Waals surface area contributed by atoms with Crippen LogP contribution in [0.1, 0.15) is 6.92 Å². The van der Waals surface area contributed by atoms with E-state index in [9.17, 15) is 9.36 Å². The largest absolute Gasteiger partial charge is 0.457 e. The second-order valence-corrected chi connectivity index (χ2v) is 4.03. The predicted octanol–water partition coefficient (Wildman–Crippen LogP) is 1.64. The Bertz CT molecular complexity index is 313. The second kappa shape index (κ2) is 7.09. The number of ether oxygens (including phenoxy) is 1. The molecule has 82 valence electrons. The monoisotopic (exact) mass is 230 g/mol. The SMILES string of the molecule is C#CCOP(=O)(OCC#C)C(=O)OCC. The topological polar surface area (TPSA) is 61.8 Å². The third-order valence-electron chi connectivity index (χ3n) is 1.13. The van der Waals surface area contributed by atoms with E-state index in [2.05, 4.69) is 25.6 Å². The summed E-state index contributed by atoms with van der Waals surface area (Å²) in [7, 11) is -4.01. The molecule has 0 N–H and O–H groups in total. The van der Waals surface area contributed by atoms with E-state index in [1.807, 2.05) is 0 Å². The van der Waals surface area contributed by atoms with Crippen LogP contribution < -0.4 is 0 Å². The molecule has 6 heteroatoms. The number of hydrogen-bond donors (Lipinski definition) is 0. The molecule has 0 saturated heterocycles. The molecule has 15 heavy (non-hydrogen) atoms. The van der Waals surface area contributed by atoms with Gasteiger partial charge < -0.3 is 4.74 Å². The molecule has 0 aromatic rings. The van der Waals surface area contributed by atoms with Gasteiger partial charge in [0, 0.05) is 0 Å². The van der Waals surface area contributed by atoms with E-state index in [4.69, 9.17) is 12.8 Å². The van der Waals surface area contributed by atoms with Gasteiger partial charge in [0.05, 0.1) is 6.61 Å². The van der Waals surface area contributed by atoms with Gasteiger partial charge in [0.25, 0.3) is 0 Å². The Labute approximate surface area is 88.6 Å². The summed E-state index contributed by atoms with van der Waals surface area (Å²) in [6.45, 7) is 0.980. The summed E-state index contributed by atoms with van der Waals surface area (Å²) >= 11 is 0. The van der Waals surface area contributed by atoms with Gasteiger partial charge >= 0.3 is 13.3 Å². The van der Waals surface area contributed by atoms with Gasteiger partial charge in [-0.3, -0.25) is 9.05 Å². The summed E-state index contributed by atoms with van der Waals surface area (Å²) in [6, 6.07) is 0. The van der Waals surface area contributed by atoms with Gasteiger partial charge in [-0.25, -0.2) is 9.36 Å². The Morgan fingerprint density at radius 2 is 1.73 bits per heavy atom. The lowest BCUT2D eigenvalue weighted by Crippen LogP contribution is -2.09. The van der Waals surface area contributed by atoms with E-state index in [0.29, 0.717) is 0 Å². The van der Waals surface area contributed by atoms with Crippen molar-refractivity contribution < 1.29 is 23.1 Å². The van der Waals surface area contributed by atoms with Gasteiger partial charge in [0.15, 0.2) is 0 Å². The Morgan fingerprint density at radius 1 is 1.27 bits per heavy atom. The summed E-state index contributed by atoms with van der Waals surface area (Å²) in [4.78, 5) is 11.2. The zero-order valence-corrected chi connectivity index (χ0v) is 9.16. The molecule has 0 aliphatic heterocycles. The Morgan fingerprint density at radius 3 is 2.07 bits per heavy atom. The normalized spacial score (nSPS) is 10.1. The fourth-order valence-corrected chi connectivity index (χ4v) is 1.65. The molecular formula is C9H11O5P. The summed E-state index contributed by atoms with van der Waals surface area (Å²) < 4.78 is 25.5. The smallest absolute Gasteiger partial charge is 0.440 e. The highest BCUT2D eigenvalue weighted by atomic mass is 31.2. The minimum Gasteiger partial charge on any atom is -0.457 e. The van der Waals surface area contributed by atoms with Crippen LogP contribution in [-0.2, 0) is 18.3 Å². The highest BCUT2D eigenvalue weighted by Gasteiger charge is 2.36. The van der Waals surface area contributed by atoms with E-state index in [-0.39, 0.29) is 19.8 Å². The van der Waals surface area contributed by atoms with Crippen molar-refractivity contribution in [1.82, 2.24) is 0 Å². The molecule has 0 amide bonds. The van der Waals surface area contributed by atoms with E-state index < -0.39 is 13.3 Å². The van der Waals surface area contributed by atoms with Crippen LogP contribution >= 0.6 is 7.60 Å². The molecule has 0 aliphatic carbocycles. The van der Waals surface area contributed by atoms with E-state index in [1.165, 1.54) is 0 Å². The van der Waals surface area contributed by atoms with Crippen LogP contribution in [0, 0.1) is 24.7 Å². The number of hydrogen-bond acceptors (Lipinski definition) is 5. The molecule has 0 atom stereocenters. The minimum absolute atomic E-state index is 0.0572. The van der Waals surface area contributed by atoms with Gasteiger partial charge in [-0.15, -0.1) is 12.8 Å². The fraction of sp³-hybridized carbons (Fsp3) is 0.444. The van der Waals surface area contributed by atoms with Crippen LogP contribution in [0.2, 0.25) is 0 Å². The third-order valence-corrected chi connectivity index (χ3v) is 2.64. The molecule has 0 radical (unpaired) electrons. The molecule has 0 unspecified atom stereocenters. The standard InChI is InChI=1S/C9H11O5P/c1-4-7-13-15(11,14-8-5-2)9(10)12-6-3/h1-2H,6-8H2,3H3. The Kier molecular flexibility index (Phi) is 6.49. The first-order chi connectivity index (χ1) is 7.10. The zero-order chi connectivity index (χ0) is 11.7. The summed E-state index contributed by atoms with van der Waals surface area (Å²) in [5, 5.41) is 0. The van der Waals surface area contributed by atoms with Gasteiger partial charge in [-0.05, 0) is 6.92 Å². The van der Waals surface area contributed by atoms with Crippen LogP contribution in [0.4, 0.5) is 4.79 Å². The van der Waals surface area contributed by atoms with Crippen molar-refractivity contribution in [2.24, 2.45) is 0 Å². The average molecular weight is 230 g/mol. The van der Waals surface area contributed by atoms with Crippen molar-refractivity contribution in [2.75, 3.05) is 19.8 Å². The van der Waals surface area contributed by atoms with Crippen LogP contribution in [-0.4, -0.2) is 25.5 Å². The highest BCUT2D eigenvalue weighted by Crippen LogP contribution is 2.49. The van der Waals surface area contributed by atoms with Crippen molar-refractivity contribution in [3.8, 4) is 24.7 Å².